The Morgan fingerprint density at radius 2 is 1.65 bits per heavy atom. The predicted molar refractivity (Wildman–Crippen MR) is 107 cm³/mol. The highest BCUT2D eigenvalue weighted by molar-refractivity contribution is 7.80. The van der Waals surface area contributed by atoms with Gasteiger partial charge in [0, 0.05) is 30.8 Å². The first-order valence-electron chi connectivity index (χ1n) is 9.62. The number of nitrogens with zero attached hydrogens (tertiary/aromatic N) is 1. The average Bonchev–Trinajstić information content (AvgIpc) is 3.15. The monoisotopic (exact) mass is 373 g/mol. The smallest absolute Gasteiger partial charge is 0.253 e. The number of amides is 2. The van der Waals surface area contributed by atoms with Gasteiger partial charge in [0.1, 0.15) is 0 Å². The van der Waals surface area contributed by atoms with Crippen LogP contribution in [0.25, 0.3) is 0 Å². The van der Waals surface area contributed by atoms with E-state index in [0.717, 1.165) is 44.5 Å². The van der Waals surface area contributed by atoms with Crippen LogP contribution in [0.2, 0.25) is 0 Å². The highest BCUT2D eigenvalue weighted by Gasteiger charge is 2.19. The van der Waals surface area contributed by atoms with Gasteiger partial charge in [0.25, 0.3) is 5.91 Å². The topological polar surface area (TPSA) is 61.4 Å². The van der Waals surface area contributed by atoms with Crippen LogP contribution in [0.1, 0.15) is 61.7 Å². The molecular weight excluding hydrogens is 346 g/mol. The maximum Gasteiger partial charge on any atom is 0.253 e. The van der Waals surface area contributed by atoms with Gasteiger partial charge in [-0.05, 0) is 74.5 Å². The van der Waals surface area contributed by atoms with E-state index >= 15 is 0 Å². The Balaban J connectivity index is 1.47. The van der Waals surface area contributed by atoms with Gasteiger partial charge in [0.15, 0.2) is 5.11 Å². The number of hydrogen-bond acceptors (Lipinski definition) is 3. The van der Waals surface area contributed by atoms with Crippen LogP contribution >= 0.6 is 12.2 Å². The average molecular weight is 374 g/mol. The largest absolute Gasteiger partial charge is 0.339 e. The summed E-state index contributed by atoms with van der Waals surface area (Å²) in [6, 6.07) is 7.27. The molecule has 1 aliphatic carbocycles. The van der Waals surface area contributed by atoms with Crippen molar-refractivity contribution < 1.29 is 9.59 Å². The molecule has 0 spiro atoms. The number of hydrogen-bond donors (Lipinski definition) is 2. The molecule has 5 nitrogen and oxygen atoms in total. The predicted octanol–water partition coefficient (Wildman–Crippen LogP) is 3.71. The molecule has 26 heavy (non-hydrogen) atoms. The lowest BCUT2D eigenvalue weighted by Gasteiger charge is -2.26. The van der Waals surface area contributed by atoms with Gasteiger partial charge in [-0.1, -0.05) is 12.8 Å². The molecule has 1 saturated heterocycles. The van der Waals surface area contributed by atoms with Crippen LogP contribution in [-0.4, -0.2) is 34.9 Å². The van der Waals surface area contributed by atoms with E-state index in [1.165, 1.54) is 19.3 Å². The summed E-state index contributed by atoms with van der Waals surface area (Å²) in [7, 11) is 0. The van der Waals surface area contributed by atoms with Gasteiger partial charge in [-0.25, -0.2) is 0 Å². The number of piperidine rings is 1. The van der Waals surface area contributed by atoms with Gasteiger partial charge in [0.05, 0.1) is 0 Å². The van der Waals surface area contributed by atoms with E-state index in [-0.39, 0.29) is 11.8 Å². The van der Waals surface area contributed by atoms with Crippen molar-refractivity contribution in [3.63, 3.8) is 0 Å². The summed E-state index contributed by atoms with van der Waals surface area (Å²) in [5, 5.41) is 6.08. The molecule has 2 aliphatic rings. The van der Waals surface area contributed by atoms with Gasteiger partial charge >= 0.3 is 0 Å². The maximum atomic E-state index is 12.5. The van der Waals surface area contributed by atoms with Crippen LogP contribution in [0, 0.1) is 5.92 Å². The Hall–Kier alpha value is -1.95. The first-order chi connectivity index (χ1) is 12.6. The normalized spacial score (nSPS) is 17.8. The standard InChI is InChI=1S/C20H27N3O2S/c24-18(14-15-6-2-3-7-15)22-20(26)21-17-10-8-16(9-11-17)19(25)23-12-4-1-5-13-23/h8-11,15H,1-7,12-14H2,(H2,21,22,24,26). The van der Waals surface area contributed by atoms with Gasteiger partial charge in [0.2, 0.25) is 5.91 Å². The molecule has 1 saturated carbocycles. The molecule has 2 N–H and O–H groups in total. The second kappa shape index (κ2) is 9.12. The molecule has 0 atom stereocenters. The van der Waals surface area contributed by atoms with Crippen LogP contribution in [0.15, 0.2) is 24.3 Å². The molecule has 6 heteroatoms. The quantitative estimate of drug-likeness (QED) is 0.790. The zero-order valence-electron chi connectivity index (χ0n) is 15.1. The van der Waals surface area contributed by atoms with Crippen LogP contribution in [0.3, 0.4) is 0 Å². The fourth-order valence-corrected chi connectivity index (χ4v) is 4.02. The number of likely N-dealkylation sites (tertiary alicyclic amines) is 1. The second-order valence-corrected chi connectivity index (χ2v) is 7.70. The molecule has 0 bridgehead atoms. The number of anilines is 1. The van der Waals surface area contributed by atoms with E-state index in [2.05, 4.69) is 10.6 Å². The van der Waals surface area contributed by atoms with Crippen LogP contribution in [-0.2, 0) is 4.79 Å². The molecule has 140 valence electrons. The summed E-state index contributed by atoms with van der Waals surface area (Å²) in [4.78, 5) is 26.4. The lowest BCUT2D eigenvalue weighted by molar-refractivity contribution is -0.120. The first-order valence-corrected chi connectivity index (χ1v) is 10.0. The van der Waals surface area contributed by atoms with E-state index in [4.69, 9.17) is 12.2 Å². The highest BCUT2D eigenvalue weighted by atomic mass is 32.1. The van der Waals surface area contributed by atoms with Gasteiger partial charge in [-0.2, -0.15) is 0 Å². The summed E-state index contributed by atoms with van der Waals surface area (Å²) >= 11 is 5.22. The molecule has 0 radical (unpaired) electrons. The van der Waals surface area contributed by atoms with Crippen LogP contribution < -0.4 is 10.6 Å². The minimum Gasteiger partial charge on any atom is -0.339 e. The van der Waals surface area contributed by atoms with Crippen molar-refractivity contribution in [3.05, 3.63) is 29.8 Å². The van der Waals surface area contributed by atoms with E-state index in [9.17, 15) is 9.59 Å². The minimum absolute atomic E-state index is 0.0219. The Kier molecular flexibility index (Phi) is 6.61. The molecule has 2 fully saturated rings. The van der Waals surface area contributed by atoms with Crippen molar-refractivity contribution >= 4 is 34.8 Å². The number of rotatable bonds is 4. The lowest BCUT2D eigenvalue weighted by atomic mass is 10.0. The molecule has 1 aromatic rings. The number of nitrogens with one attached hydrogen (secondary N) is 2. The van der Waals surface area contributed by atoms with Crippen molar-refractivity contribution in [1.29, 1.82) is 0 Å². The van der Waals surface area contributed by atoms with Gasteiger partial charge in [-0.3, -0.25) is 9.59 Å². The number of carbonyl (C=O) groups is 2. The SMILES string of the molecule is O=C(CC1CCCC1)NC(=S)Nc1ccc(C(=O)N2CCCCC2)cc1. The molecule has 2 amide bonds. The van der Waals surface area contributed by atoms with E-state index < -0.39 is 0 Å². The Morgan fingerprint density at radius 1 is 1.00 bits per heavy atom. The Labute approximate surface area is 160 Å². The summed E-state index contributed by atoms with van der Waals surface area (Å²) in [6.07, 6.45) is 8.65. The summed E-state index contributed by atoms with van der Waals surface area (Å²) < 4.78 is 0. The molecule has 1 heterocycles. The van der Waals surface area contributed by atoms with Gasteiger partial charge in [-0.15, -0.1) is 0 Å². The number of thiocarbonyl (C=S) groups is 1. The minimum atomic E-state index is -0.0219. The Bertz CT molecular complexity index is 648. The van der Waals surface area contributed by atoms with Gasteiger partial charge < -0.3 is 15.5 Å². The van der Waals surface area contributed by atoms with Crippen molar-refractivity contribution in [3.8, 4) is 0 Å². The fraction of sp³-hybridized carbons (Fsp3) is 0.550. The zero-order chi connectivity index (χ0) is 18.4. The summed E-state index contributed by atoms with van der Waals surface area (Å²) in [5.74, 6) is 0.563. The molecular formula is C20H27N3O2S. The number of carbonyl (C=O) groups excluding carboxylic acids is 2. The highest BCUT2D eigenvalue weighted by Crippen LogP contribution is 2.27. The third-order valence-corrected chi connectivity index (χ3v) is 5.44. The van der Waals surface area contributed by atoms with Crippen molar-refractivity contribution in [2.75, 3.05) is 18.4 Å². The van der Waals surface area contributed by atoms with Crippen molar-refractivity contribution in [1.82, 2.24) is 10.2 Å². The number of benzene rings is 1. The molecule has 1 aromatic carbocycles. The van der Waals surface area contributed by atoms with Crippen molar-refractivity contribution in [2.45, 2.75) is 51.4 Å². The fourth-order valence-electron chi connectivity index (χ4n) is 3.79. The van der Waals surface area contributed by atoms with Crippen LogP contribution in [0.4, 0.5) is 5.69 Å². The molecule has 0 unspecified atom stereocenters. The second-order valence-electron chi connectivity index (χ2n) is 7.29. The molecule has 0 aromatic heterocycles. The third-order valence-electron chi connectivity index (χ3n) is 5.23. The summed E-state index contributed by atoms with van der Waals surface area (Å²) in [5.41, 5.74) is 1.46. The van der Waals surface area contributed by atoms with E-state index in [0.29, 0.717) is 23.0 Å². The summed E-state index contributed by atoms with van der Waals surface area (Å²) in [6.45, 7) is 1.69. The van der Waals surface area contributed by atoms with E-state index in [1.54, 1.807) is 0 Å². The van der Waals surface area contributed by atoms with E-state index in [1.807, 2.05) is 29.2 Å². The molecule has 3 rings (SSSR count). The third kappa shape index (κ3) is 5.27. The first kappa shape index (κ1) is 18.8. The van der Waals surface area contributed by atoms with Crippen molar-refractivity contribution in [2.24, 2.45) is 5.92 Å². The maximum absolute atomic E-state index is 12.5. The lowest BCUT2D eigenvalue weighted by Crippen LogP contribution is -2.35. The zero-order valence-corrected chi connectivity index (χ0v) is 15.9. The Morgan fingerprint density at radius 3 is 2.31 bits per heavy atom. The molecule has 1 aliphatic heterocycles. The van der Waals surface area contributed by atoms with Crippen LogP contribution in [0.5, 0.6) is 0 Å².